The normalized spacial score (nSPS) is 10.5. The van der Waals surface area contributed by atoms with Crippen molar-refractivity contribution < 1.29 is 4.79 Å². The van der Waals surface area contributed by atoms with Crippen LogP contribution in [0.5, 0.6) is 0 Å². The molecule has 2 amide bonds. The van der Waals surface area contributed by atoms with Gasteiger partial charge in [0.1, 0.15) is 0 Å². The van der Waals surface area contributed by atoms with Crippen LogP contribution in [0.2, 0.25) is 0 Å². The van der Waals surface area contributed by atoms with Gasteiger partial charge in [0.25, 0.3) is 0 Å². The topological polar surface area (TPSA) is 45.2 Å². The van der Waals surface area contributed by atoms with Crippen molar-refractivity contribution in [3.8, 4) is 0 Å². The van der Waals surface area contributed by atoms with Crippen molar-refractivity contribution in [3.05, 3.63) is 90.1 Å². The van der Waals surface area contributed by atoms with Gasteiger partial charge in [0.05, 0.1) is 5.03 Å². The quantitative estimate of drug-likeness (QED) is 0.492. The molecule has 3 aromatic rings. The second-order valence-corrected chi connectivity index (χ2v) is 7.49. The highest BCUT2D eigenvalue weighted by Crippen LogP contribution is 2.22. The molecule has 1 N–H and O–H groups in total. The molecule has 144 valence electrons. The van der Waals surface area contributed by atoms with E-state index < -0.39 is 0 Å². The largest absolute Gasteiger partial charge is 0.322 e. The average Bonchev–Trinajstić information content (AvgIpc) is 2.74. The SMILES string of the molecule is CCCN(Cc1ccccc1)C(=O)Nc1cccc(CSc2ccccn2)c1. The minimum Gasteiger partial charge on any atom is -0.320 e. The van der Waals surface area contributed by atoms with Gasteiger partial charge in [-0.1, -0.05) is 55.5 Å². The van der Waals surface area contributed by atoms with Crippen molar-refractivity contribution in [1.82, 2.24) is 9.88 Å². The third-order valence-electron chi connectivity index (χ3n) is 4.20. The van der Waals surface area contributed by atoms with Gasteiger partial charge in [-0.25, -0.2) is 9.78 Å². The molecule has 0 unspecified atom stereocenters. The first-order valence-electron chi connectivity index (χ1n) is 9.47. The maximum atomic E-state index is 12.8. The zero-order chi connectivity index (χ0) is 19.6. The van der Waals surface area contributed by atoms with Crippen LogP contribution in [0.25, 0.3) is 0 Å². The highest BCUT2D eigenvalue weighted by Gasteiger charge is 2.13. The van der Waals surface area contributed by atoms with Gasteiger partial charge in [-0.2, -0.15) is 0 Å². The molecule has 2 aromatic carbocycles. The van der Waals surface area contributed by atoms with E-state index in [1.54, 1.807) is 18.0 Å². The number of aromatic nitrogens is 1. The minimum absolute atomic E-state index is 0.0692. The standard InChI is InChI=1S/C23H25N3OS/c1-2-15-26(17-19-9-4-3-5-10-19)23(27)25-21-12-8-11-20(16-21)18-28-22-13-6-7-14-24-22/h3-14,16H,2,15,17-18H2,1H3,(H,25,27). The van der Waals surface area contributed by atoms with Crippen LogP contribution in [0, 0.1) is 0 Å². The van der Waals surface area contributed by atoms with Crippen molar-refractivity contribution >= 4 is 23.5 Å². The van der Waals surface area contributed by atoms with E-state index in [1.807, 2.05) is 71.6 Å². The maximum absolute atomic E-state index is 12.8. The number of thioether (sulfide) groups is 1. The zero-order valence-electron chi connectivity index (χ0n) is 16.0. The van der Waals surface area contributed by atoms with Gasteiger partial charge in [-0.15, -0.1) is 11.8 Å². The minimum atomic E-state index is -0.0692. The fraction of sp³-hybridized carbons (Fsp3) is 0.217. The van der Waals surface area contributed by atoms with Crippen LogP contribution < -0.4 is 5.32 Å². The Bertz CT molecular complexity index is 871. The van der Waals surface area contributed by atoms with Crippen molar-refractivity contribution in [2.75, 3.05) is 11.9 Å². The Labute approximate surface area is 171 Å². The molecule has 0 saturated carbocycles. The number of benzene rings is 2. The van der Waals surface area contributed by atoms with E-state index in [-0.39, 0.29) is 6.03 Å². The Kier molecular flexibility index (Phi) is 7.50. The van der Waals surface area contributed by atoms with E-state index in [0.717, 1.165) is 40.6 Å². The average molecular weight is 392 g/mol. The van der Waals surface area contributed by atoms with E-state index in [9.17, 15) is 4.79 Å². The molecule has 0 bridgehead atoms. The Morgan fingerprint density at radius 1 is 1.00 bits per heavy atom. The second-order valence-electron chi connectivity index (χ2n) is 6.49. The van der Waals surface area contributed by atoms with Crippen LogP contribution in [-0.2, 0) is 12.3 Å². The summed E-state index contributed by atoms with van der Waals surface area (Å²) in [7, 11) is 0. The summed E-state index contributed by atoms with van der Waals surface area (Å²) >= 11 is 1.68. The van der Waals surface area contributed by atoms with Gasteiger partial charge >= 0.3 is 6.03 Å². The molecule has 0 saturated heterocycles. The van der Waals surface area contributed by atoms with Gasteiger partial charge in [0, 0.05) is 30.7 Å². The molecule has 28 heavy (non-hydrogen) atoms. The van der Waals surface area contributed by atoms with Crippen LogP contribution in [-0.4, -0.2) is 22.5 Å². The first-order chi connectivity index (χ1) is 13.7. The number of urea groups is 1. The number of hydrogen-bond acceptors (Lipinski definition) is 3. The summed E-state index contributed by atoms with van der Waals surface area (Å²) in [5.74, 6) is 0.809. The van der Waals surface area contributed by atoms with Gasteiger partial charge in [-0.3, -0.25) is 0 Å². The summed E-state index contributed by atoms with van der Waals surface area (Å²) in [5.41, 5.74) is 3.10. The highest BCUT2D eigenvalue weighted by molar-refractivity contribution is 7.98. The lowest BCUT2D eigenvalue weighted by Gasteiger charge is -2.23. The summed E-state index contributed by atoms with van der Waals surface area (Å²) in [4.78, 5) is 19.0. The summed E-state index contributed by atoms with van der Waals surface area (Å²) in [6, 6.07) is 23.9. The number of anilines is 1. The van der Waals surface area contributed by atoms with Crippen molar-refractivity contribution in [2.45, 2.75) is 30.7 Å². The number of nitrogens with one attached hydrogen (secondary N) is 1. The lowest BCUT2D eigenvalue weighted by molar-refractivity contribution is 0.209. The predicted molar refractivity (Wildman–Crippen MR) is 116 cm³/mol. The fourth-order valence-corrected chi connectivity index (χ4v) is 3.66. The summed E-state index contributed by atoms with van der Waals surface area (Å²) in [6.07, 6.45) is 2.72. The Hall–Kier alpha value is -2.79. The van der Waals surface area contributed by atoms with Gasteiger partial charge in [0.2, 0.25) is 0 Å². The van der Waals surface area contributed by atoms with Gasteiger partial charge in [0.15, 0.2) is 0 Å². The third-order valence-corrected chi connectivity index (χ3v) is 5.21. The Morgan fingerprint density at radius 3 is 2.54 bits per heavy atom. The molecule has 0 fully saturated rings. The number of carbonyl (C=O) groups is 1. The number of hydrogen-bond donors (Lipinski definition) is 1. The lowest BCUT2D eigenvalue weighted by atomic mass is 10.2. The second kappa shape index (κ2) is 10.5. The first kappa shape index (κ1) is 20.0. The summed E-state index contributed by atoms with van der Waals surface area (Å²) in [6.45, 7) is 3.41. The van der Waals surface area contributed by atoms with Crippen LogP contribution in [0.1, 0.15) is 24.5 Å². The molecule has 0 aliphatic carbocycles. The maximum Gasteiger partial charge on any atom is 0.322 e. The van der Waals surface area contributed by atoms with E-state index in [0.29, 0.717) is 6.54 Å². The van der Waals surface area contributed by atoms with Crippen LogP contribution in [0.15, 0.2) is 84.0 Å². The van der Waals surface area contributed by atoms with Gasteiger partial charge in [-0.05, 0) is 41.8 Å². The third kappa shape index (κ3) is 6.13. The Balaban J connectivity index is 1.61. The first-order valence-corrected chi connectivity index (χ1v) is 10.5. The number of pyridine rings is 1. The number of rotatable bonds is 8. The van der Waals surface area contributed by atoms with Crippen LogP contribution in [0.4, 0.5) is 10.5 Å². The van der Waals surface area contributed by atoms with E-state index in [2.05, 4.69) is 23.3 Å². The van der Waals surface area contributed by atoms with Gasteiger partial charge < -0.3 is 10.2 Å². The van der Waals surface area contributed by atoms with Crippen molar-refractivity contribution in [3.63, 3.8) is 0 Å². The summed E-state index contributed by atoms with van der Waals surface area (Å²) in [5, 5.41) is 4.04. The molecule has 4 nitrogen and oxygen atoms in total. The predicted octanol–water partition coefficient (Wildman–Crippen LogP) is 5.82. The van der Waals surface area contributed by atoms with Crippen molar-refractivity contribution in [2.24, 2.45) is 0 Å². The molecule has 1 heterocycles. The smallest absolute Gasteiger partial charge is 0.320 e. The van der Waals surface area contributed by atoms with E-state index in [4.69, 9.17) is 0 Å². The van der Waals surface area contributed by atoms with Crippen molar-refractivity contribution in [1.29, 1.82) is 0 Å². The fourth-order valence-electron chi connectivity index (χ4n) is 2.86. The molecule has 5 heteroatoms. The lowest BCUT2D eigenvalue weighted by Crippen LogP contribution is -2.35. The molecule has 0 aliphatic heterocycles. The number of nitrogens with zero attached hydrogens (tertiary/aromatic N) is 2. The van der Waals surface area contributed by atoms with Crippen LogP contribution >= 0.6 is 11.8 Å². The summed E-state index contributed by atoms with van der Waals surface area (Å²) < 4.78 is 0. The molecule has 3 rings (SSSR count). The van der Waals surface area contributed by atoms with Crippen LogP contribution in [0.3, 0.4) is 0 Å². The monoisotopic (exact) mass is 391 g/mol. The molecular weight excluding hydrogens is 366 g/mol. The Morgan fingerprint density at radius 2 is 1.79 bits per heavy atom. The highest BCUT2D eigenvalue weighted by atomic mass is 32.2. The van der Waals surface area contributed by atoms with E-state index in [1.165, 1.54) is 0 Å². The molecule has 0 radical (unpaired) electrons. The zero-order valence-corrected chi connectivity index (χ0v) is 16.9. The van der Waals surface area contributed by atoms with E-state index >= 15 is 0 Å². The molecule has 0 atom stereocenters. The molecular formula is C23H25N3OS. The molecule has 1 aromatic heterocycles. The number of amides is 2. The molecule has 0 aliphatic rings. The number of carbonyl (C=O) groups excluding carboxylic acids is 1. The molecule has 0 spiro atoms.